The van der Waals surface area contributed by atoms with Crippen LogP contribution < -0.4 is 5.73 Å². The Morgan fingerprint density at radius 1 is 1.00 bits per heavy atom. The van der Waals surface area contributed by atoms with Gasteiger partial charge in [0.15, 0.2) is 0 Å². The van der Waals surface area contributed by atoms with E-state index in [0.29, 0.717) is 6.42 Å². The van der Waals surface area contributed by atoms with Crippen molar-refractivity contribution in [2.45, 2.75) is 19.4 Å². The van der Waals surface area contributed by atoms with Gasteiger partial charge in [-0.2, -0.15) is 0 Å². The van der Waals surface area contributed by atoms with Crippen LogP contribution in [-0.2, 0) is 0 Å². The summed E-state index contributed by atoms with van der Waals surface area (Å²) in [5.74, 6) is -1.99. The molecule has 0 bridgehead atoms. The van der Waals surface area contributed by atoms with Crippen LogP contribution in [-0.4, -0.2) is 22.2 Å². The third-order valence-electron chi connectivity index (χ3n) is 3.58. The Balaban J connectivity index is 2.53. The third kappa shape index (κ3) is 3.15. The lowest BCUT2D eigenvalue weighted by Crippen LogP contribution is -2.11. The molecule has 0 aromatic heterocycles. The van der Waals surface area contributed by atoms with E-state index in [-0.39, 0.29) is 17.2 Å². The van der Waals surface area contributed by atoms with Crippen LogP contribution in [0.1, 0.15) is 45.7 Å². The SMILES string of the molecule is CCC(N)c1cc(C(=O)O)ccc1-c1ccc(C(=O)O)cc1. The molecule has 0 saturated carbocycles. The van der Waals surface area contributed by atoms with Crippen LogP contribution in [0.2, 0.25) is 0 Å². The Kier molecular flexibility index (Phi) is 4.58. The summed E-state index contributed by atoms with van der Waals surface area (Å²) >= 11 is 0. The van der Waals surface area contributed by atoms with Gasteiger partial charge in [-0.25, -0.2) is 9.59 Å². The minimum atomic E-state index is -1.00. The number of nitrogens with two attached hydrogens (primary N) is 1. The molecule has 0 fully saturated rings. The Hall–Kier alpha value is -2.66. The van der Waals surface area contributed by atoms with E-state index in [4.69, 9.17) is 15.9 Å². The topological polar surface area (TPSA) is 101 Å². The Labute approximate surface area is 128 Å². The molecule has 114 valence electrons. The largest absolute Gasteiger partial charge is 0.478 e. The molecular formula is C17H17NO4. The third-order valence-corrected chi connectivity index (χ3v) is 3.58. The molecule has 5 heteroatoms. The summed E-state index contributed by atoms with van der Waals surface area (Å²) in [4.78, 5) is 22.0. The van der Waals surface area contributed by atoms with Gasteiger partial charge in [0.25, 0.3) is 0 Å². The van der Waals surface area contributed by atoms with E-state index in [0.717, 1.165) is 16.7 Å². The summed E-state index contributed by atoms with van der Waals surface area (Å²) in [6.45, 7) is 1.93. The summed E-state index contributed by atoms with van der Waals surface area (Å²) in [7, 11) is 0. The molecule has 1 atom stereocenters. The molecule has 2 aromatic carbocycles. The van der Waals surface area contributed by atoms with Crippen LogP contribution in [0.5, 0.6) is 0 Å². The lowest BCUT2D eigenvalue weighted by Gasteiger charge is -2.16. The van der Waals surface area contributed by atoms with Crippen molar-refractivity contribution in [3.63, 3.8) is 0 Å². The van der Waals surface area contributed by atoms with Crippen LogP contribution in [0.3, 0.4) is 0 Å². The van der Waals surface area contributed by atoms with Crippen molar-refractivity contribution in [1.82, 2.24) is 0 Å². The number of carbonyl (C=O) groups is 2. The van der Waals surface area contributed by atoms with Crippen LogP contribution >= 0.6 is 0 Å². The highest BCUT2D eigenvalue weighted by atomic mass is 16.4. The second-order valence-corrected chi connectivity index (χ2v) is 5.00. The monoisotopic (exact) mass is 299 g/mol. The van der Waals surface area contributed by atoms with Gasteiger partial charge in [-0.1, -0.05) is 25.1 Å². The van der Waals surface area contributed by atoms with Crippen molar-refractivity contribution in [2.24, 2.45) is 5.73 Å². The maximum Gasteiger partial charge on any atom is 0.335 e. The zero-order valence-electron chi connectivity index (χ0n) is 12.1. The molecule has 0 aliphatic heterocycles. The van der Waals surface area contributed by atoms with Crippen molar-refractivity contribution in [1.29, 1.82) is 0 Å². The smallest absolute Gasteiger partial charge is 0.335 e. The molecule has 2 aromatic rings. The fourth-order valence-electron chi connectivity index (χ4n) is 2.28. The summed E-state index contributed by atoms with van der Waals surface area (Å²) in [6, 6.07) is 11.0. The fourth-order valence-corrected chi connectivity index (χ4v) is 2.28. The summed E-state index contributed by atoms with van der Waals surface area (Å²) in [5, 5.41) is 18.1. The van der Waals surface area contributed by atoms with Gasteiger partial charge in [-0.15, -0.1) is 0 Å². The van der Waals surface area contributed by atoms with Crippen molar-refractivity contribution in [3.05, 3.63) is 59.2 Å². The van der Waals surface area contributed by atoms with Gasteiger partial charge in [0.05, 0.1) is 11.1 Å². The fraction of sp³-hybridized carbons (Fsp3) is 0.176. The maximum atomic E-state index is 11.1. The first-order valence-electron chi connectivity index (χ1n) is 6.90. The zero-order valence-corrected chi connectivity index (χ0v) is 12.1. The summed E-state index contributed by atoms with van der Waals surface area (Å²) < 4.78 is 0. The highest BCUT2D eigenvalue weighted by molar-refractivity contribution is 5.90. The second-order valence-electron chi connectivity index (χ2n) is 5.00. The number of benzene rings is 2. The molecule has 1 unspecified atom stereocenters. The van der Waals surface area contributed by atoms with Crippen LogP contribution in [0.25, 0.3) is 11.1 Å². The number of rotatable bonds is 5. The predicted octanol–water partition coefficient (Wildman–Crippen LogP) is 3.16. The van der Waals surface area contributed by atoms with Gasteiger partial charge in [-0.3, -0.25) is 0 Å². The Morgan fingerprint density at radius 2 is 1.55 bits per heavy atom. The van der Waals surface area contributed by atoms with Gasteiger partial charge in [0, 0.05) is 6.04 Å². The lowest BCUT2D eigenvalue weighted by atomic mass is 9.92. The van der Waals surface area contributed by atoms with Gasteiger partial charge in [0.2, 0.25) is 0 Å². The first kappa shape index (κ1) is 15.7. The molecule has 0 heterocycles. The minimum Gasteiger partial charge on any atom is -0.478 e. The average Bonchev–Trinajstić information content (AvgIpc) is 2.53. The van der Waals surface area contributed by atoms with E-state index in [2.05, 4.69) is 0 Å². The molecule has 0 aliphatic rings. The first-order chi connectivity index (χ1) is 10.4. The van der Waals surface area contributed by atoms with E-state index in [1.165, 1.54) is 18.2 Å². The number of aromatic carboxylic acids is 2. The first-order valence-corrected chi connectivity index (χ1v) is 6.90. The van der Waals surface area contributed by atoms with Crippen molar-refractivity contribution in [2.75, 3.05) is 0 Å². The van der Waals surface area contributed by atoms with Gasteiger partial charge < -0.3 is 15.9 Å². The lowest BCUT2D eigenvalue weighted by molar-refractivity contribution is 0.0686. The molecule has 0 amide bonds. The average molecular weight is 299 g/mol. The highest BCUT2D eigenvalue weighted by Gasteiger charge is 2.15. The second kappa shape index (κ2) is 6.41. The van der Waals surface area contributed by atoms with Crippen molar-refractivity contribution in [3.8, 4) is 11.1 Å². The molecule has 4 N–H and O–H groups in total. The molecule has 22 heavy (non-hydrogen) atoms. The number of carboxylic acids is 2. The molecule has 0 spiro atoms. The van der Waals surface area contributed by atoms with E-state index >= 15 is 0 Å². The normalized spacial score (nSPS) is 11.9. The molecule has 0 radical (unpaired) electrons. The summed E-state index contributed by atoms with van der Waals surface area (Å²) in [6.07, 6.45) is 0.670. The van der Waals surface area contributed by atoms with E-state index < -0.39 is 11.9 Å². The van der Waals surface area contributed by atoms with Crippen molar-refractivity contribution < 1.29 is 19.8 Å². The van der Waals surface area contributed by atoms with Crippen LogP contribution in [0.15, 0.2) is 42.5 Å². The molecule has 0 saturated heterocycles. The quantitative estimate of drug-likeness (QED) is 0.787. The maximum absolute atomic E-state index is 11.1. The number of hydrogen-bond donors (Lipinski definition) is 3. The van der Waals surface area contributed by atoms with Gasteiger partial charge in [-0.05, 0) is 47.4 Å². The molecular weight excluding hydrogens is 282 g/mol. The Morgan fingerprint density at radius 3 is 2.05 bits per heavy atom. The predicted molar refractivity (Wildman–Crippen MR) is 83.0 cm³/mol. The van der Waals surface area contributed by atoms with Gasteiger partial charge >= 0.3 is 11.9 Å². The van der Waals surface area contributed by atoms with Crippen molar-refractivity contribution >= 4 is 11.9 Å². The highest BCUT2D eigenvalue weighted by Crippen LogP contribution is 2.30. The minimum absolute atomic E-state index is 0.185. The number of hydrogen-bond acceptors (Lipinski definition) is 3. The zero-order chi connectivity index (χ0) is 16.3. The van der Waals surface area contributed by atoms with E-state index in [1.54, 1.807) is 24.3 Å². The van der Waals surface area contributed by atoms with E-state index in [1.807, 2.05) is 6.92 Å². The van der Waals surface area contributed by atoms with Crippen LogP contribution in [0.4, 0.5) is 0 Å². The Bertz CT molecular complexity index is 707. The molecule has 0 aliphatic carbocycles. The molecule has 2 rings (SSSR count). The van der Waals surface area contributed by atoms with E-state index in [9.17, 15) is 9.59 Å². The molecule has 5 nitrogen and oxygen atoms in total. The van der Waals surface area contributed by atoms with Crippen LogP contribution in [0, 0.1) is 0 Å². The summed E-state index contributed by atoms with van der Waals surface area (Å²) in [5.41, 5.74) is 8.84. The standard InChI is InChI=1S/C17H17NO4/c1-2-15(18)14-9-12(17(21)22)7-8-13(14)10-3-5-11(6-4-10)16(19)20/h3-9,15H,2,18H2,1H3,(H,19,20)(H,21,22). The number of carboxylic acid groups (broad SMARTS) is 2. The van der Waals surface area contributed by atoms with Gasteiger partial charge in [0.1, 0.15) is 0 Å².